The Kier molecular flexibility index (Phi) is 4.52. The highest BCUT2D eigenvalue weighted by Gasteiger charge is 2.16. The summed E-state index contributed by atoms with van der Waals surface area (Å²) in [5.74, 6) is -0.937. The fourth-order valence-electron chi connectivity index (χ4n) is 2.39. The van der Waals surface area contributed by atoms with Crippen molar-refractivity contribution in [2.75, 3.05) is 0 Å². The number of aromatic nitrogens is 3. The summed E-state index contributed by atoms with van der Waals surface area (Å²) in [4.78, 5) is 15.7. The van der Waals surface area contributed by atoms with Gasteiger partial charge in [-0.15, -0.1) is 11.3 Å². The molecule has 3 rings (SSSR count). The van der Waals surface area contributed by atoms with Gasteiger partial charge in [-0.2, -0.15) is 5.10 Å². The first kappa shape index (κ1) is 15.4. The lowest BCUT2D eigenvalue weighted by Gasteiger charge is -2.02. The highest BCUT2D eigenvalue weighted by Crippen LogP contribution is 2.26. The van der Waals surface area contributed by atoms with Gasteiger partial charge >= 0.3 is 5.97 Å². The molecule has 0 unspecified atom stereocenters. The number of benzene rings is 1. The maximum absolute atomic E-state index is 11.1. The molecule has 1 N–H and O–H groups in total. The molecule has 0 aliphatic carbocycles. The first-order valence-electron chi connectivity index (χ1n) is 7.42. The fourth-order valence-corrected chi connectivity index (χ4v) is 3.26. The summed E-state index contributed by atoms with van der Waals surface area (Å²) in [5, 5.41) is 14.3. The molecule has 0 fully saturated rings. The molecule has 2 heterocycles. The monoisotopic (exact) mass is 327 g/mol. The van der Waals surface area contributed by atoms with Crippen LogP contribution in [0.1, 0.15) is 27.3 Å². The van der Waals surface area contributed by atoms with Crippen LogP contribution >= 0.6 is 11.3 Å². The number of hydrogen-bond acceptors (Lipinski definition) is 4. The van der Waals surface area contributed by atoms with Crippen molar-refractivity contribution < 1.29 is 9.90 Å². The lowest BCUT2D eigenvalue weighted by molar-refractivity contribution is 0.0701. The van der Waals surface area contributed by atoms with Crippen molar-refractivity contribution in [1.82, 2.24) is 14.8 Å². The van der Waals surface area contributed by atoms with Gasteiger partial charge in [0.15, 0.2) is 0 Å². The molecule has 0 aliphatic rings. The van der Waals surface area contributed by atoms with Crippen LogP contribution in [-0.2, 0) is 13.0 Å². The van der Waals surface area contributed by atoms with Crippen molar-refractivity contribution in [2.45, 2.75) is 26.3 Å². The summed E-state index contributed by atoms with van der Waals surface area (Å²) >= 11 is 1.17. The predicted octanol–water partition coefficient (Wildman–Crippen LogP) is 3.65. The second-order valence-corrected chi connectivity index (χ2v) is 6.29. The SMILES string of the molecule is Cc1nc(-c2ccn(CCCc3ccccc3)n2)sc1C(=O)O. The van der Waals surface area contributed by atoms with E-state index in [1.807, 2.05) is 35.1 Å². The number of aromatic carboxylic acids is 1. The second-order valence-electron chi connectivity index (χ2n) is 5.29. The zero-order valence-electron chi connectivity index (χ0n) is 12.8. The Morgan fingerprint density at radius 3 is 2.74 bits per heavy atom. The van der Waals surface area contributed by atoms with E-state index in [0.717, 1.165) is 25.1 Å². The maximum atomic E-state index is 11.1. The Balaban J connectivity index is 1.64. The van der Waals surface area contributed by atoms with Crippen LogP contribution in [0, 0.1) is 6.92 Å². The fraction of sp³-hybridized carbons (Fsp3) is 0.235. The van der Waals surface area contributed by atoms with Crippen molar-refractivity contribution in [1.29, 1.82) is 0 Å². The summed E-state index contributed by atoms with van der Waals surface area (Å²) < 4.78 is 1.88. The van der Waals surface area contributed by atoms with Gasteiger partial charge in [0.25, 0.3) is 0 Å². The molecule has 23 heavy (non-hydrogen) atoms. The van der Waals surface area contributed by atoms with E-state index in [9.17, 15) is 4.79 Å². The molecule has 1 aromatic carbocycles. The minimum absolute atomic E-state index is 0.277. The van der Waals surface area contributed by atoms with Gasteiger partial charge in [-0.05, 0) is 31.4 Å². The van der Waals surface area contributed by atoms with E-state index in [1.54, 1.807) is 6.92 Å². The van der Waals surface area contributed by atoms with Crippen molar-refractivity contribution in [3.63, 3.8) is 0 Å². The molecule has 5 nitrogen and oxygen atoms in total. The third-order valence-electron chi connectivity index (χ3n) is 3.55. The Morgan fingerprint density at radius 2 is 2.04 bits per heavy atom. The van der Waals surface area contributed by atoms with Crippen LogP contribution < -0.4 is 0 Å². The van der Waals surface area contributed by atoms with Crippen molar-refractivity contribution in [2.24, 2.45) is 0 Å². The largest absolute Gasteiger partial charge is 0.477 e. The molecular weight excluding hydrogens is 310 g/mol. The summed E-state index contributed by atoms with van der Waals surface area (Å²) in [6.07, 6.45) is 3.93. The van der Waals surface area contributed by atoms with E-state index in [4.69, 9.17) is 5.11 Å². The molecule has 0 saturated heterocycles. The Labute approximate surface area is 138 Å². The second kappa shape index (κ2) is 6.75. The van der Waals surface area contributed by atoms with Crippen LogP contribution in [0.25, 0.3) is 10.7 Å². The first-order valence-corrected chi connectivity index (χ1v) is 8.23. The van der Waals surface area contributed by atoms with E-state index in [-0.39, 0.29) is 4.88 Å². The zero-order valence-corrected chi connectivity index (χ0v) is 13.6. The smallest absolute Gasteiger partial charge is 0.347 e. The predicted molar refractivity (Wildman–Crippen MR) is 89.8 cm³/mol. The van der Waals surface area contributed by atoms with Crippen molar-refractivity contribution in [3.8, 4) is 10.7 Å². The molecule has 0 bridgehead atoms. The quantitative estimate of drug-likeness (QED) is 0.750. The number of aryl methyl sites for hydroxylation is 3. The Hall–Kier alpha value is -2.47. The van der Waals surface area contributed by atoms with Crippen molar-refractivity contribution >= 4 is 17.3 Å². The van der Waals surface area contributed by atoms with E-state index in [0.29, 0.717) is 10.7 Å². The molecule has 118 valence electrons. The number of carboxylic acids is 1. The summed E-state index contributed by atoms with van der Waals surface area (Å²) in [7, 11) is 0. The van der Waals surface area contributed by atoms with Gasteiger partial charge in [-0.1, -0.05) is 30.3 Å². The molecule has 0 spiro atoms. The first-order chi connectivity index (χ1) is 11.1. The van der Waals surface area contributed by atoms with Crippen LogP contribution in [0.4, 0.5) is 0 Å². The molecule has 0 saturated carbocycles. The highest BCUT2D eigenvalue weighted by molar-refractivity contribution is 7.17. The third kappa shape index (κ3) is 3.65. The number of carboxylic acid groups (broad SMARTS) is 1. The number of rotatable bonds is 6. The minimum atomic E-state index is -0.937. The molecule has 3 aromatic rings. The van der Waals surface area contributed by atoms with Crippen LogP contribution in [0.2, 0.25) is 0 Å². The molecule has 0 radical (unpaired) electrons. The number of hydrogen-bond donors (Lipinski definition) is 1. The summed E-state index contributed by atoms with van der Waals surface area (Å²) in [6.45, 7) is 2.53. The van der Waals surface area contributed by atoms with Gasteiger partial charge in [-0.3, -0.25) is 4.68 Å². The minimum Gasteiger partial charge on any atom is -0.477 e. The van der Waals surface area contributed by atoms with E-state index < -0.39 is 5.97 Å². The Bertz CT molecular complexity index is 808. The van der Waals surface area contributed by atoms with Gasteiger partial charge in [0.1, 0.15) is 15.6 Å². The molecule has 0 atom stereocenters. The number of carbonyl (C=O) groups is 1. The van der Waals surface area contributed by atoms with Gasteiger partial charge in [-0.25, -0.2) is 9.78 Å². The molecule has 2 aromatic heterocycles. The average Bonchev–Trinajstić information content (AvgIpc) is 3.15. The standard InChI is InChI=1S/C17H17N3O2S/c1-12-15(17(21)22)23-16(18-12)14-9-11-20(19-14)10-5-8-13-6-3-2-4-7-13/h2-4,6-7,9,11H,5,8,10H2,1H3,(H,21,22). The van der Waals surface area contributed by atoms with E-state index in [1.165, 1.54) is 16.9 Å². The third-order valence-corrected chi connectivity index (χ3v) is 4.71. The maximum Gasteiger partial charge on any atom is 0.347 e. The lowest BCUT2D eigenvalue weighted by atomic mass is 10.1. The average molecular weight is 327 g/mol. The molecule has 0 amide bonds. The van der Waals surface area contributed by atoms with Crippen LogP contribution in [-0.4, -0.2) is 25.8 Å². The van der Waals surface area contributed by atoms with E-state index in [2.05, 4.69) is 22.2 Å². The van der Waals surface area contributed by atoms with Gasteiger partial charge in [0, 0.05) is 12.7 Å². The lowest BCUT2D eigenvalue weighted by Crippen LogP contribution is -2.00. The van der Waals surface area contributed by atoms with Gasteiger partial charge < -0.3 is 5.11 Å². The Morgan fingerprint density at radius 1 is 1.26 bits per heavy atom. The number of nitrogens with zero attached hydrogens (tertiary/aromatic N) is 3. The highest BCUT2D eigenvalue weighted by atomic mass is 32.1. The molecular formula is C17H17N3O2S. The summed E-state index contributed by atoms with van der Waals surface area (Å²) in [5.41, 5.74) is 2.59. The summed E-state index contributed by atoms with van der Waals surface area (Å²) in [6, 6.07) is 12.2. The van der Waals surface area contributed by atoms with E-state index >= 15 is 0 Å². The molecule has 6 heteroatoms. The van der Waals surface area contributed by atoms with Crippen LogP contribution in [0.3, 0.4) is 0 Å². The topological polar surface area (TPSA) is 68.0 Å². The van der Waals surface area contributed by atoms with Crippen LogP contribution in [0.15, 0.2) is 42.6 Å². The van der Waals surface area contributed by atoms with Gasteiger partial charge in [0.05, 0.1) is 5.69 Å². The van der Waals surface area contributed by atoms with Crippen LogP contribution in [0.5, 0.6) is 0 Å². The normalized spacial score (nSPS) is 10.8. The van der Waals surface area contributed by atoms with Gasteiger partial charge in [0.2, 0.25) is 0 Å². The zero-order chi connectivity index (χ0) is 16.2. The molecule has 0 aliphatic heterocycles. The van der Waals surface area contributed by atoms with Crippen molar-refractivity contribution in [3.05, 3.63) is 58.7 Å². The number of thiazole rings is 1.